The van der Waals surface area contributed by atoms with Gasteiger partial charge in [0.05, 0.1) is 11.4 Å². The van der Waals surface area contributed by atoms with Crippen molar-refractivity contribution >= 4 is 39.8 Å². The molecule has 0 atom stereocenters. The van der Waals surface area contributed by atoms with Crippen molar-refractivity contribution in [3.63, 3.8) is 0 Å². The first kappa shape index (κ1) is 15.7. The van der Waals surface area contributed by atoms with Crippen LogP contribution in [0.15, 0.2) is 63.9 Å². The van der Waals surface area contributed by atoms with Crippen molar-refractivity contribution in [2.45, 2.75) is 13.5 Å². The lowest BCUT2D eigenvalue weighted by Crippen LogP contribution is -2.27. The molecule has 0 aliphatic carbocycles. The van der Waals surface area contributed by atoms with Gasteiger partial charge in [-0.3, -0.25) is 14.5 Å². The Balaban J connectivity index is 1.63. The maximum absolute atomic E-state index is 12.6. The number of amides is 2. The molecular weight excluding hydrogens is 334 g/mol. The number of fused-ring (bicyclic) bond motifs is 1. The van der Waals surface area contributed by atoms with Crippen molar-refractivity contribution in [1.29, 1.82) is 0 Å². The molecule has 4 nitrogen and oxygen atoms in total. The van der Waals surface area contributed by atoms with E-state index in [9.17, 15) is 9.59 Å². The summed E-state index contributed by atoms with van der Waals surface area (Å²) in [5, 5.41) is 1.88. The minimum atomic E-state index is -0.281. The first-order valence-corrected chi connectivity index (χ1v) is 8.72. The van der Waals surface area contributed by atoms with Crippen LogP contribution >= 0.6 is 11.8 Å². The Bertz CT molecular complexity index is 1010. The lowest BCUT2D eigenvalue weighted by Gasteiger charge is -2.14. The first-order chi connectivity index (χ1) is 12.1. The summed E-state index contributed by atoms with van der Waals surface area (Å²) in [6.45, 7) is 2.10. The molecule has 1 saturated heterocycles. The molecule has 0 saturated carbocycles. The number of hydrogen-bond acceptors (Lipinski definition) is 4. The molecule has 25 heavy (non-hydrogen) atoms. The van der Waals surface area contributed by atoms with Gasteiger partial charge in [-0.2, -0.15) is 0 Å². The topological polar surface area (TPSA) is 50.5 Å². The van der Waals surface area contributed by atoms with Crippen LogP contribution in [0.25, 0.3) is 16.8 Å². The van der Waals surface area contributed by atoms with Gasteiger partial charge in [-0.1, -0.05) is 42.5 Å². The van der Waals surface area contributed by atoms with E-state index in [0.29, 0.717) is 10.7 Å². The van der Waals surface area contributed by atoms with Gasteiger partial charge in [0.2, 0.25) is 0 Å². The maximum atomic E-state index is 12.6. The predicted molar refractivity (Wildman–Crippen MR) is 98.9 cm³/mol. The van der Waals surface area contributed by atoms with Crippen LogP contribution in [-0.4, -0.2) is 16.0 Å². The van der Waals surface area contributed by atoms with E-state index in [-0.39, 0.29) is 17.7 Å². The Morgan fingerprint density at radius 3 is 2.64 bits per heavy atom. The molecule has 0 radical (unpaired) electrons. The fraction of sp³-hybridized carbons (Fsp3) is 0.100. The summed E-state index contributed by atoms with van der Waals surface area (Å²) in [5.74, 6) is 1.06. The zero-order valence-corrected chi connectivity index (χ0v) is 14.4. The maximum Gasteiger partial charge on any atom is 0.293 e. The van der Waals surface area contributed by atoms with Crippen molar-refractivity contribution in [3.8, 4) is 0 Å². The molecule has 1 aliphatic heterocycles. The lowest BCUT2D eigenvalue weighted by molar-refractivity contribution is -0.123. The summed E-state index contributed by atoms with van der Waals surface area (Å²) in [5.41, 5.74) is 0.954. The van der Waals surface area contributed by atoms with Gasteiger partial charge in [0.25, 0.3) is 11.1 Å². The fourth-order valence-electron chi connectivity index (χ4n) is 2.90. The Labute approximate surface area is 149 Å². The number of imide groups is 1. The van der Waals surface area contributed by atoms with Crippen LogP contribution in [0.3, 0.4) is 0 Å². The van der Waals surface area contributed by atoms with E-state index >= 15 is 0 Å². The minimum Gasteiger partial charge on any atom is -0.462 e. The smallest absolute Gasteiger partial charge is 0.293 e. The molecule has 1 aliphatic rings. The molecule has 2 aromatic carbocycles. The van der Waals surface area contributed by atoms with Crippen molar-refractivity contribution in [2.75, 3.05) is 0 Å². The molecule has 5 heteroatoms. The predicted octanol–water partition coefficient (Wildman–Crippen LogP) is 4.98. The van der Waals surface area contributed by atoms with Crippen LogP contribution < -0.4 is 0 Å². The zero-order valence-electron chi connectivity index (χ0n) is 13.6. The molecule has 124 valence electrons. The van der Waals surface area contributed by atoms with E-state index in [1.54, 1.807) is 12.1 Å². The quantitative estimate of drug-likeness (QED) is 0.626. The number of carbonyl (C=O) groups excluding carboxylic acids is 2. The molecule has 3 aromatic rings. The number of hydrogen-bond donors (Lipinski definition) is 0. The van der Waals surface area contributed by atoms with E-state index in [1.165, 1.54) is 4.90 Å². The Morgan fingerprint density at radius 2 is 1.84 bits per heavy atom. The standard InChI is InChI=1S/C20H15NO3S/c1-13-9-10-16(24-13)11-18-19(22)21(20(23)25-18)12-15-7-4-6-14-5-2-3-8-17(14)15/h2-11H,12H2,1H3/b18-11-. The van der Waals surface area contributed by atoms with Crippen LogP contribution in [0, 0.1) is 6.92 Å². The number of rotatable bonds is 3. The third-order valence-electron chi connectivity index (χ3n) is 4.12. The monoisotopic (exact) mass is 349 g/mol. The Morgan fingerprint density at radius 1 is 1.04 bits per heavy atom. The zero-order chi connectivity index (χ0) is 17.4. The molecule has 1 fully saturated rings. The SMILES string of the molecule is Cc1ccc(/C=C2\SC(=O)N(Cc3cccc4ccccc34)C2=O)o1. The molecular formula is C20H15NO3S. The highest BCUT2D eigenvalue weighted by atomic mass is 32.2. The lowest BCUT2D eigenvalue weighted by atomic mass is 10.0. The Hall–Kier alpha value is -2.79. The highest BCUT2D eigenvalue weighted by Gasteiger charge is 2.35. The van der Waals surface area contributed by atoms with Crippen LogP contribution in [0.5, 0.6) is 0 Å². The van der Waals surface area contributed by atoms with Crippen molar-refractivity contribution < 1.29 is 14.0 Å². The number of nitrogens with zero attached hydrogens (tertiary/aromatic N) is 1. The third-order valence-corrected chi connectivity index (χ3v) is 5.02. The molecule has 2 heterocycles. The number of thioether (sulfide) groups is 1. The average Bonchev–Trinajstić information content (AvgIpc) is 3.13. The largest absolute Gasteiger partial charge is 0.462 e. The first-order valence-electron chi connectivity index (χ1n) is 7.90. The second kappa shape index (κ2) is 6.26. The van der Waals surface area contributed by atoms with Crippen LogP contribution in [0.2, 0.25) is 0 Å². The van der Waals surface area contributed by atoms with Crippen LogP contribution in [-0.2, 0) is 11.3 Å². The van der Waals surface area contributed by atoms with E-state index in [4.69, 9.17) is 4.42 Å². The van der Waals surface area contributed by atoms with Gasteiger partial charge in [0.15, 0.2) is 0 Å². The van der Waals surface area contributed by atoms with Gasteiger partial charge in [-0.15, -0.1) is 0 Å². The highest BCUT2D eigenvalue weighted by molar-refractivity contribution is 8.18. The molecule has 2 amide bonds. The molecule has 4 rings (SSSR count). The second-order valence-electron chi connectivity index (χ2n) is 5.85. The normalized spacial score (nSPS) is 16.4. The number of benzene rings is 2. The molecule has 1 aromatic heterocycles. The average molecular weight is 349 g/mol. The number of aryl methyl sites for hydroxylation is 1. The van der Waals surface area contributed by atoms with E-state index in [1.807, 2.05) is 55.5 Å². The van der Waals surface area contributed by atoms with Gasteiger partial charge in [0.1, 0.15) is 11.5 Å². The van der Waals surface area contributed by atoms with Crippen molar-refractivity contribution in [2.24, 2.45) is 0 Å². The molecule has 0 bridgehead atoms. The van der Waals surface area contributed by atoms with Gasteiger partial charge < -0.3 is 4.42 Å². The van der Waals surface area contributed by atoms with Gasteiger partial charge >= 0.3 is 0 Å². The van der Waals surface area contributed by atoms with Crippen LogP contribution in [0.1, 0.15) is 17.1 Å². The molecule has 0 unspecified atom stereocenters. The number of carbonyl (C=O) groups is 2. The summed E-state index contributed by atoms with van der Waals surface area (Å²) >= 11 is 0.949. The minimum absolute atomic E-state index is 0.257. The summed E-state index contributed by atoms with van der Waals surface area (Å²) in [4.78, 5) is 26.6. The van der Waals surface area contributed by atoms with Gasteiger partial charge in [-0.25, -0.2) is 0 Å². The van der Waals surface area contributed by atoms with Crippen LogP contribution in [0.4, 0.5) is 4.79 Å². The van der Waals surface area contributed by atoms with E-state index < -0.39 is 0 Å². The Kier molecular flexibility index (Phi) is 3.93. The molecule has 0 N–H and O–H groups in total. The highest BCUT2D eigenvalue weighted by Crippen LogP contribution is 2.34. The van der Waals surface area contributed by atoms with Crippen molar-refractivity contribution in [1.82, 2.24) is 4.90 Å². The van der Waals surface area contributed by atoms with E-state index in [0.717, 1.165) is 33.9 Å². The number of furan rings is 1. The fourth-order valence-corrected chi connectivity index (χ4v) is 3.72. The summed E-state index contributed by atoms with van der Waals surface area (Å²) in [6.07, 6.45) is 1.63. The second-order valence-corrected chi connectivity index (χ2v) is 6.85. The molecule has 0 spiro atoms. The summed E-state index contributed by atoms with van der Waals surface area (Å²) in [7, 11) is 0. The third kappa shape index (κ3) is 2.98. The summed E-state index contributed by atoms with van der Waals surface area (Å²) in [6, 6.07) is 17.5. The van der Waals surface area contributed by atoms with Crippen molar-refractivity contribution in [3.05, 3.63) is 76.6 Å². The van der Waals surface area contributed by atoms with Gasteiger partial charge in [0, 0.05) is 6.08 Å². The van der Waals surface area contributed by atoms with E-state index in [2.05, 4.69) is 0 Å². The summed E-state index contributed by atoms with van der Waals surface area (Å²) < 4.78 is 5.47. The van der Waals surface area contributed by atoms with Gasteiger partial charge in [-0.05, 0) is 47.2 Å².